The minimum Gasteiger partial charge on any atom is -0.440 e. The van der Waals surface area contributed by atoms with Crippen LogP contribution >= 0.6 is 0 Å². The molecule has 0 saturated heterocycles. The molecule has 0 bridgehead atoms. The molecule has 0 aromatic carbocycles. The molecule has 1 rings (SSSR count). The maximum Gasteiger partial charge on any atom is 0.228 e. The first-order chi connectivity index (χ1) is 6.83. The van der Waals surface area contributed by atoms with Crippen molar-refractivity contribution in [2.24, 2.45) is 5.16 Å². The molecule has 0 aromatic rings. The first-order valence-electron chi connectivity index (χ1n) is 4.95. The lowest BCUT2D eigenvalue weighted by atomic mass is 10.2. The van der Waals surface area contributed by atoms with E-state index < -0.39 is 0 Å². The topological polar surface area (TPSA) is 30.8 Å². The van der Waals surface area contributed by atoms with Crippen molar-refractivity contribution in [3.63, 3.8) is 0 Å². The van der Waals surface area contributed by atoms with Crippen LogP contribution in [0.1, 0.15) is 33.6 Å². The third kappa shape index (κ3) is 5.41. The van der Waals surface area contributed by atoms with E-state index in [4.69, 9.17) is 4.74 Å². The molecule has 0 amide bonds. The predicted molar refractivity (Wildman–Crippen MR) is 59.0 cm³/mol. The molecular weight excluding hydrogens is 178 g/mol. The Bertz CT molecular complexity index is 229. The molecule has 0 aromatic heterocycles. The van der Waals surface area contributed by atoms with Crippen LogP contribution in [-0.4, -0.2) is 13.0 Å². The van der Waals surface area contributed by atoms with Crippen LogP contribution in [0.5, 0.6) is 0 Å². The number of ether oxygens (including phenoxy) is 1. The smallest absolute Gasteiger partial charge is 0.228 e. The molecule has 80 valence electrons. The minimum atomic E-state index is 0.523. The molecule has 0 unspecified atom stereocenters. The Morgan fingerprint density at radius 2 is 2.07 bits per heavy atom. The van der Waals surface area contributed by atoms with Crippen molar-refractivity contribution in [3.05, 3.63) is 24.0 Å². The predicted octanol–water partition coefficient (Wildman–Crippen LogP) is 3.24. The van der Waals surface area contributed by atoms with Gasteiger partial charge in [-0.15, -0.1) is 0 Å². The highest BCUT2D eigenvalue weighted by Gasteiger charge is 1.99. The Kier molecular flexibility index (Phi) is 7.61. The van der Waals surface area contributed by atoms with E-state index >= 15 is 0 Å². The molecule has 0 N–H and O–H groups in total. The average molecular weight is 197 g/mol. The van der Waals surface area contributed by atoms with E-state index in [1.54, 1.807) is 6.92 Å². The van der Waals surface area contributed by atoms with E-state index in [2.05, 4.69) is 16.1 Å². The second-order valence-electron chi connectivity index (χ2n) is 2.48. The lowest BCUT2D eigenvalue weighted by Crippen LogP contribution is -2.00. The summed E-state index contributed by atoms with van der Waals surface area (Å²) in [6.07, 6.45) is 8.18. The van der Waals surface area contributed by atoms with Crippen LogP contribution < -0.4 is 0 Å². The monoisotopic (exact) mass is 197 g/mol. The van der Waals surface area contributed by atoms with Gasteiger partial charge in [-0.2, -0.15) is 0 Å². The number of hydrogen-bond donors (Lipinski definition) is 0. The summed E-state index contributed by atoms with van der Waals surface area (Å²) >= 11 is 0. The molecule has 1 aliphatic rings. The summed E-state index contributed by atoms with van der Waals surface area (Å²) in [5.41, 5.74) is 0. The Morgan fingerprint density at radius 1 is 1.36 bits per heavy atom. The van der Waals surface area contributed by atoms with Crippen molar-refractivity contribution in [1.82, 2.24) is 0 Å². The van der Waals surface area contributed by atoms with Gasteiger partial charge in [0.25, 0.3) is 0 Å². The van der Waals surface area contributed by atoms with Crippen LogP contribution in [0.2, 0.25) is 0 Å². The highest BCUT2D eigenvalue weighted by Crippen LogP contribution is 2.10. The summed E-state index contributed by atoms with van der Waals surface area (Å²) in [4.78, 5) is 4.56. The Hall–Kier alpha value is -1.25. The number of nitrogens with zero attached hydrogens (tertiary/aromatic N) is 1. The summed E-state index contributed by atoms with van der Waals surface area (Å²) in [6.45, 7) is 5.76. The van der Waals surface area contributed by atoms with Gasteiger partial charge in [-0.25, -0.2) is 0 Å². The molecule has 1 aliphatic carbocycles. The second kappa shape index (κ2) is 8.35. The number of oxime groups is 1. The van der Waals surface area contributed by atoms with Crippen LogP contribution in [0, 0.1) is 0 Å². The van der Waals surface area contributed by atoms with Gasteiger partial charge in [0.15, 0.2) is 0 Å². The molecular formula is C11H19NO2. The zero-order valence-corrected chi connectivity index (χ0v) is 9.41. The Labute approximate surface area is 86.1 Å². The zero-order chi connectivity index (χ0) is 10.8. The lowest BCUT2D eigenvalue weighted by Gasteiger charge is -2.07. The van der Waals surface area contributed by atoms with Crippen molar-refractivity contribution < 1.29 is 9.57 Å². The highest BCUT2D eigenvalue weighted by atomic mass is 16.6. The van der Waals surface area contributed by atoms with E-state index in [0.717, 1.165) is 18.6 Å². The molecule has 3 heteroatoms. The SMILES string of the molecule is CC.CO/N=C(\C)OC1=CCCC=C1. The normalized spacial score (nSPS) is 15.1. The van der Waals surface area contributed by atoms with Crippen molar-refractivity contribution in [2.45, 2.75) is 33.6 Å². The average Bonchev–Trinajstić information content (AvgIpc) is 2.22. The van der Waals surface area contributed by atoms with E-state index in [9.17, 15) is 0 Å². The van der Waals surface area contributed by atoms with Gasteiger partial charge in [0.2, 0.25) is 5.90 Å². The van der Waals surface area contributed by atoms with Gasteiger partial charge in [0, 0.05) is 6.92 Å². The standard InChI is InChI=1S/C9H13NO2.C2H6/c1-8(10-11-2)12-9-6-4-3-5-7-9;1-2/h4,6-7H,3,5H2,1-2H3;1-2H3/b10-8+;. The molecule has 14 heavy (non-hydrogen) atoms. The maximum absolute atomic E-state index is 5.33. The molecule has 0 spiro atoms. The van der Waals surface area contributed by atoms with Gasteiger partial charge in [0.1, 0.15) is 12.9 Å². The molecule has 0 saturated carbocycles. The summed E-state index contributed by atoms with van der Waals surface area (Å²) in [5, 5.41) is 3.64. The first-order valence-corrected chi connectivity index (χ1v) is 4.95. The Balaban J connectivity index is 0.000000791. The van der Waals surface area contributed by atoms with Crippen LogP contribution in [0.4, 0.5) is 0 Å². The second-order valence-corrected chi connectivity index (χ2v) is 2.48. The number of allylic oxidation sites excluding steroid dienone is 3. The van der Waals surface area contributed by atoms with Crippen LogP contribution in [0.15, 0.2) is 29.1 Å². The number of rotatable bonds is 2. The molecule has 0 atom stereocenters. The maximum atomic E-state index is 5.33. The molecule has 0 radical (unpaired) electrons. The quantitative estimate of drug-likeness (QED) is 0.386. The van der Waals surface area contributed by atoms with Gasteiger partial charge in [0.05, 0.1) is 0 Å². The van der Waals surface area contributed by atoms with Crippen molar-refractivity contribution >= 4 is 5.90 Å². The fourth-order valence-corrected chi connectivity index (χ4v) is 0.983. The summed E-state index contributed by atoms with van der Waals surface area (Å²) < 4.78 is 5.33. The van der Waals surface area contributed by atoms with E-state index in [1.165, 1.54) is 7.11 Å². The minimum absolute atomic E-state index is 0.523. The van der Waals surface area contributed by atoms with Gasteiger partial charge in [-0.1, -0.05) is 25.1 Å². The number of hydrogen-bond acceptors (Lipinski definition) is 3. The molecule has 3 nitrogen and oxygen atoms in total. The van der Waals surface area contributed by atoms with Gasteiger partial charge < -0.3 is 9.57 Å². The summed E-state index contributed by atoms with van der Waals surface area (Å²) in [7, 11) is 1.50. The van der Waals surface area contributed by atoms with Gasteiger partial charge >= 0.3 is 0 Å². The molecule has 0 fully saturated rings. The fourth-order valence-electron chi connectivity index (χ4n) is 0.983. The molecule has 0 heterocycles. The van der Waals surface area contributed by atoms with Gasteiger partial charge in [-0.3, -0.25) is 0 Å². The largest absolute Gasteiger partial charge is 0.440 e. The van der Waals surface area contributed by atoms with E-state index in [-0.39, 0.29) is 0 Å². The lowest BCUT2D eigenvalue weighted by molar-refractivity contribution is 0.200. The van der Waals surface area contributed by atoms with Crippen LogP contribution in [0.3, 0.4) is 0 Å². The third-order valence-corrected chi connectivity index (χ3v) is 1.45. The first kappa shape index (κ1) is 12.8. The van der Waals surface area contributed by atoms with Gasteiger partial charge in [-0.05, 0) is 25.0 Å². The Morgan fingerprint density at radius 3 is 2.57 bits per heavy atom. The third-order valence-electron chi connectivity index (χ3n) is 1.45. The zero-order valence-electron chi connectivity index (χ0n) is 9.41. The van der Waals surface area contributed by atoms with E-state index in [1.807, 2.05) is 26.0 Å². The van der Waals surface area contributed by atoms with Crippen molar-refractivity contribution in [2.75, 3.05) is 7.11 Å². The van der Waals surface area contributed by atoms with Crippen LogP contribution in [0.25, 0.3) is 0 Å². The van der Waals surface area contributed by atoms with Crippen LogP contribution in [-0.2, 0) is 9.57 Å². The fraction of sp³-hybridized carbons (Fsp3) is 0.545. The summed E-state index contributed by atoms with van der Waals surface area (Å²) in [5.74, 6) is 1.37. The van der Waals surface area contributed by atoms with Crippen molar-refractivity contribution in [3.8, 4) is 0 Å². The highest BCUT2D eigenvalue weighted by molar-refractivity contribution is 5.73. The van der Waals surface area contributed by atoms with Crippen molar-refractivity contribution in [1.29, 1.82) is 0 Å². The summed E-state index contributed by atoms with van der Waals surface area (Å²) in [6, 6.07) is 0. The molecule has 0 aliphatic heterocycles. The van der Waals surface area contributed by atoms with E-state index in [0.29, 0.717) is 5.90 Å².